The molecule has 4 aromatic rings. The lowest BCUT2D eigenvalue weighted by Crippen LogP contribution is -2.15. The third-order valence-electron chi connectivity index (χ3n) is 4.31. The summed E-state index contributed by atoms with van der Waals surface area (Å²) < 4.78 is 22.5. The molecule has 0 aliphatic heterocycles. The molecule has 158 valence electrons. The van der Waals surface area contributed by atoms with Crippen molar-refractivity contribution in [1.29, 1.82) is 0 Å². The lowest BCUT2D eigenvalue weighted by Gasteiger charge is -2.06. The van der Waals surface area contributed by atoms with Crippen molar-refractivity contribution in [2.24, 2.45) is 0 Å². The topological polar surface area (TPSA) is 74.0 Å². The van der Waals surface area contributed by atoms with Gasteiger partial charge in [-0.25, -0.2) is 9.07 Å². The van der Waals surface area contributed by atoms with Gasteiger partial charge in [-0.15, -0.1) is 0 Å². The van der Waals surface area contributed by atoms with E-state index in [-0.39, 0.29) is 40.4 Å². The number of nitrogens with one attached hydrogen (secondary N) is 1. The molecule has 0 bridgehead atoms. The Hall–Kier alpha value is -3.36. The van der Waals surface area contributed by atoms with Crippen LogP contribution in [0.2, 0.25) is 10.0 Å². The zero-order chi connectivity index (χ0) is 21.8. The highest BCUT2D eigenvalue weighted by Crippen LogP contribution is 2.24. The number of halogens is 3. The Balaban J connectivity index is 1.40. The lowest BCUT2D eigenvalue weighted by atomic mass is 10.2. The molecule has 1 N–H and O–H groups in total. The minimum absolute atomic E-state index is 0.0621. The number of ether oxygens (including phenoxy) is 1. The van der Waals surface area contributed by atoms with Gasteiger partial charge in [0.05, 0.1) is 6.54 Å². The molecular formula is C21H16Cl2FN5O2. The van der Waals surface area contributed by atoms with E-state index in [0.29, 0.717) is 5.75 Å². The van der Waals surface area contributed by atoms with Crippen molar-refractivity contribution in [2.75, 3.05) is 5.32 Å². The molecule has 2 aromatic carbocycles. The number of para-hydroxylation sites is 1. The molecule has 0 radical (unpaired) electrons. The summed E-state index contributed by atoms with van der Waals surface area (Å²) in [6.07, 6.45) is 3.10. The second-order valence-corrected chi connectivity index (χ2v) is 7.32. The summed E-state index contributed by atoms with van der Waals surface area (Å²) in [5.41, 5.74) is 0.442. The van der Waals surface area contributed by atoms with E-state index in [0.717, 1.165) is 0 Å². The molecule has 4 rings (SSSR count). The molecule has 2 aromatic heterocycles. The van der Waals surface area contributed by atoms with Crippen LogP contribution in [0.25, 0.3) is 0 Å². The van der Waals surface area contributed by atoms with Crippen LogP contribution in [0.3, 0.4) is 0 Å². The molecule has 10 heteroatoms. The highest BCUT2D eigenvalue weighted by Gasteiger charge is 2.16. The molecule has 1 amide bonds. The number of aromatic nitrogens is 4. The summed E-state index contributed by atoms with van der Waals surface area (Å²) >= 11 is 12.2. The fourth-order valence-corrected chi connectivity index (χ4v) is 3.21. The molecule has 0 atom stereocenters. The van der Waals surface area contributed by atoms with Crippen molar-refractivity contribution in [3.05, 3.63) is 94.1 Å². The fraction of sp³-hybridized carbons (Fsp3) is 0.0952. The van der Waals surface area contributed by atoms with Crippen LogP contribution in [0.15, 0.2) is 67.0 Å². The van der Waals surface area contributed by atoms with Gasteiger partial charge in [-0.1, -0.05) is 47.5 Å². The lowest BCUT2D eigenvalue weighted by molar-refractivity contribution is 0.101. The number of carbonyl (C=O) groups is 1. The Morgan fingerprint density at radius 3 is 2.58 bits per heavy atom. The van der Waals surface area contributed by atoms with Gasteiger partial charge in [0, 0.05) is 23.0 Å². The van der Waals surface area contributed by atoms with Gasteiger partial charge >= 0.3 is 0 Å². The van der Waals surface area contributed by atoms with E-state index in [1.807, 2.05) is 30.3 Å². The van der Waals surface area contributed by atoms with E-state index in [4.69, 9.17) is 27.9 Å². The summed E-state index contributed by atoms with van der Waals surface area (Å²) in [5, 5.41) is 11.5. The number of hydrogen-bond acceptors (Lipinski definition) is 4. The molecule has 0 fully saturated rings. The molecular weight excluding hydrogens is 444 g/mol. The number of benzene rings is 2. The van der Waals surface area contributed by atoms with Crippen LogP contribution in [0.5, 0.6) is 5.75 Å². The molecule has 0 saturated carbocycles. The monoisotopic (exact) mass is 459 g/mol. The van der Waals surface area contributed by atoms with Crippen LogP contribution in [0.1, 0.15) is 16.1 Å². The van der Waals surface area contributed by atoms with Gasteiger partial charge < -0.3 is 10.1 Å². The number of rotatable bonds is 7. The number of amides is 1. The summed E-state index contributed by atoms with van der Waals surface area (Å²) in [5.74, 6) is -0.118. The van der Waals surface area contributed by atoms with Gasteiger partial charge in [0.2, 0.25) is 0 Å². The molecule has 0 unspecified atom stereocenters. The Morgan fingerprint density at radius 2 is 1.81 bits per heavy atom. The maximum absolute atomic E-state index is 14.0. The normalized spacial score (nSPS) is 10.8. The third-order valence-corrected chi connectivity index (χ3v) is 4.94. The van der Waals surface area contributed by atoms with Crippen LogP contribution in [-0.2, 0) is 13.3 Å². The van der Waals surface area contributed by atoms with Crippen molar-refractivity contribution in [3.63, 3.8) is 0 Å². The van der Waals surface area contributed by atoms with Crippen molar-refractivity contribution in [3.8, 4) is 5.75 Å². The van der Waals surface area contributed by atoms with Gasteiger partial charge in [0.15, 0.2) is 18.2 Å². The Bertz CT molecular complexity index is 1190. The molecule has 31 heavy (non-hydrogen) atoms. The first-order valence-electron chi connectivity index (χ1n) is 9.18. The summed E-state index contributed by atoms with van der Waals surface area (Å²) in [7, 11) is 0. The van der Waals surface area contributed by atoms with Crippen LogP contribution in [-0.4, -0.2) is 25.5 Å². The number of hydrogen-bond donors (Lipinski definition) is 1. The molecule has 2 heterocycles. The highest BCUT2D eigenvalue weighted by atomic mass is 35.5. The number of nitrogens with zero attached hydrogens (tertiary/aromatic N) is 4. The first-order valence-corrected chi connectivity index (χ1v) is 9.93. The first-order chi connectivity index (χ1) is 15.0. The van der Waals surface area contributed by atoms with Crippen molar-refractivity contribution in [1.82, 2.24) is 19.6 Å². The fourth-order valence-electron chi connectivity index (χ4n) is 2.79. The van der Waals surface area contributed by atoms with Crippen molar-refractivity contribution in [2.45, 2.75) is 13.3 Å². The number of anilines is 1. The summed E-state index contributed by atoms with van der Waals surface area (Å²) in [6, 6.07) is 15.2. The summed E-state index contributed by atoms with van der Waals surface area (Å²) in [4.78, 5) is 12.5. The Kier molecular flexibility index (Phi) is 6.20. The smallest absolute Gasteiger partial charge is 0.277 e. The number of carbonyl (C=O) groups excluding carboxylic acids is 1. The van der Waals surface area contributed by atoms with E-state index in [1.165, 1.54) is 27.7 Å². The van der Waals surface area contributed by atoms with Gasteiger partial charge in [-0.05, 0) is 30.3 Å². The molecule has 7 nitrogen and oxygen atoms in total. The van der Waals surface area contributed by atoms with E-state index in [9.17, 15) is 9.18 Å². The molecule has 0 aliphatic carbocycles. The maximum Gasteiger partial charge on any atom is 0.277 e. The molecule has 0 aliphatic rings. The van der Waals surface area contributed by atoms with Crippen molar-refractivity contribution >= 4 is 34.9 Å². The summed E-state index contributed by atoms with van der Waals surface area (Å²) in [6.45, 7) is 0.211. The standard InChI is InChI=1S/C21H16Cl2FN5O2/c22-16-7-4-8-18(24)15(16)11-29-12-17(23)20(27-29)25-21(30)19-9-10-28(26-19)13-31-14-5-2-1-3-6-14/h1-10,12H,11,13H2,(H,25,27,30). The van der Waals surface area contributed by atoms with Crippen LogP contribution >= 0.6 is 23.2 Å². The minimum Gasteiger partial charge on any atom is -0.471 e. The van der Waals surface area contributed by atoms with Gasteiger partial charge in [-0.2, -0.15) is 10.2 Å². The third kappa shape index (κ3) is 5.04. The van der Waals surface area contributed by atoms with Crippen molar-refractivity contribution < 1.29 is 13.9 Å². The average molecular weight is 460 g/mol. The first kappa shape index (κ1) is 20.9. The predicted molar refractivity (Wildman–Crippen MR) is 115 cm³/mol. The van der Waals surface area contributed by atoms with Gasteiger partial charge in [0.25, 0.3) is 5.91 Å². The van der Waals surface area contributed by atoms with Gasteiger partial charge in [-0.3, -0.25) is 9.48 Å². The zero-order valence-corrected chi connectivity index (χ0v) is 17.5. The second kappa shape index (κ2) is 9.20. The maximum atomic E-state index is 14.0. The Labute approximate surface area is 187 Å². The average Bonchev–Trinajstić information content (AvgIpc) is 3.37. The van der Waals surface area contributed by atoms with Gasteiger partial charge in [0.1, 0.15) is 16.6 Å². The Morgan fingerprint density at radius 1 is 1.00 bits per heavy atom. The largest absolute Gasteiger partial charge is 0.471 e. The van der Waals surface area contributed by atoms with Crippen LogP contribution < -0.4 is 10.1 Å². The van der Waals surface area contributed by atoms with E-state index in [2.05, 4.69) is 15.5 Å². The predicted octanol–water partition coefficient (Wildman–Crippen LogP) is 4.86. The van der Waals surface area contributed by atoms with Crippen LogP contribution in [0, 0.1) is 5.82 Å². The zero-order valence-electron chi connectivity index (χ0n) is 16.0. The second-order valence-electron chi connectivity index (χ2n) is 6.50. The highest BCUT2D eigenvalue weighted by molar-refractivity contribution is 6.33. The molecule has 0 saturated heterocycles. The van der Waals surface area contributed by atoms with Crippen LogP contribution in [0.4, 0.5) is 10.2 Å². The quantitative estimate of drug-likeness (QED) is 0.428. The van der Waals surface area contributed by atoms with E-state index >= 15 is 0 Å². The van der Waals surface area contributed by atoms with E-state index in [1.54, 1.807) is 18.3 Å². The SMILES string of the molecule is O=C(Nc1nn(Cc2c(F)cccc2Cl)cc1Cl)c1ccn(COc2ccccc2)n1. The molecule has 0 spiro atoms. The van der Waals surface area contributed by atoms with E-state index < -0.39 is 11.7 Å². The minimum atomic E-state index is -0.491.